The van der Waals surface area contributed by atoms with Crippen LogP contribution in [0.1, 0.15) is 18.4 Å². The molecule has 1 amide bonds. The van der Waals surface area contributed by atoms with Crippen molar-refractivity contribution in [2.75, 3.05) is 13.1 Å². The zero-order valence-corrected chi connectivity index (χ0v) is 13.0. The van der Waals surface area contributed by atoms with Crippen LogP contribution < -0.4 is 0 Å². The van der Waals surface area contributed by atoms with E-state index in [1.54, 1.807) is 30.4 Å². The average molecular weight is 326 g/mol. The normalized spacial score (nSPS) is 28.3. The predicted molar refractivity (Wildman–Crippen MR) is 84.3 cm³/mol. The van der Waals surface area contributed by atoms with Crippen molar-refractivity contribution in [3.8, 4) is 0 Å². The van der Waals surface area contributed by atoms with Crippen LogP contribution in [0.5, 0.6) is 0 Å². The first-order chi connectivity index (χ1) is 10.0. The topological polar surface area (TPSA) is 40.5 Å². The van der Waals surface area contributed by atoms with Gasteiger partial charge in [0.15, 0.2) is 0 Å². The number of carbonyl (C=O) groups excluding carboxylic acids is 1. The number of carbonyl (C=O) groups is 1. The Morgan fingerprint density at radius 2 is 1.90 bits per heavy atom. The molecule has 1 N–H and O–H groups in total. The highest BCUT2D eigenvalue weighted by Crippen LogP contribution is 2.38. The van der Waals surface area contributed by atoms with Gasteiger partial charge in [-0.2, -0.15) is 0 Å². The van der Waals surface area contributed by atoms with E-state index < -0.39 is 0 Å². The van der Waals surface area contributed by atoms with Gasteiger partial charge in [0.2, 0.25) is 5.91 Å². The van der Waals surface area contributed by atoms with Gasteiger partial charge in [0.05, 0.1) is 6.10 Å². The molecule has 1 aliphatic carbocycles. The largest absolute Gasteiger partial charge is 0.393 e. The van der Waals surface area contributed by atoms with E-state index in [0.717, 1.165) is 24.9 Å². The molecule has 0 aromatic heterocycles. The Kier molecular flexibility index (Phi) is 4.25. The highest BCUT2D eigenvalue weighted by Gasteiger charge is 2.42. The molecule has 1 saturated heterocycles. The number of nitrogens with zero attached hydrogens (tertiary/aromatic N) is 1. The molecule has 3 atom stereocenters. The summed E-state index contributed by atoms with van der Waals surface area (Å²) in [6.07, 6.45) is 4.92. The van der Waals surface area contributed by atoms with Crippen molar-refractivity contribution >= 4 is 35.2 Å². The summed E-state index contributed by atoms with van der Waals surface area (Å²) in [7, 11) is 0. The van der Waals surface area contributed by atoms with Crippen LogP contribution in [0.15, 0.2) is 24.3 Å². The van der Waals surface area contributed by atoms with Crippen LogP contribution in [0, 0.1) is 11.8 Å². The highest BCUT2D eigenvalue weighted by atomic mass is 35.5. The smallest absolute Gasteiger partial charge is 0.246 e. The van der Waals surface area contributed by atoms with Gasteiger partial charge in [-0.05, 0) is 48.6 Å². The molecule has 1 saturated carbocycles. The Morgan fingerprint density at radius 3 is 2.57 bits per heavy atom. The van der Waals surface area contributed by atoms with Crippen LogP contribution in [-0.2, 0) is 4.79 Å². The summed E-state index contributed by atoms with van der Waals surface area (Å²) in [4.78, 5) is 14.0. The second-order valence-electron chi connectivity index (χ2n) is 5.85. The minimum Gasteiger partial charge on any atom is -0.393 e. The van der Waals surface area contributed by atoms with Crippen LogP contribution in [0.2, 0.25) is 10.0 Å². The molecule has 1 aromatic rings. The van der Waals surface area contributed by atoms with Crippen molar-refractivity contribution in [3.63, 3.8) is 0 Å². The molecular formula is C16H17Cl2NO2. The summed E-state index contributed by atoms with van der Waals surface area (Å²) in [5.41, 5.74) is 0.806. The molecular weight excluding hydrogens is 309 g/mol. The molecule has 1 aliphatic heterocycles. The van der Waals surface area contributed by atoms with E-state index in [1.165, 1.54) is 0 Å². The molecule has 2 aliphatic rings. The van der Waals surface area contributed by atoms with Gasteiger partial charge in [0.25, 0.3) is 0 Å². The summed E-state index contributed by atoms with van der Waals surface area (Å²) in [6.45, 7) is 1.41. The summed E-state index contributed by atoms with van der Waals surface area (Å²) >= 11 is 11.9. The van der Waals surface area contributed by atoms with Crippen molar-refractivity contribution in [1.82, 2.24) is 4.90 Å². The van der Waals surface area contributed by atoms with Crippen molar-refractivity contribution in [2.45, 2.75) is 18.9 Å². The molecule has 5 heteroatoms. The van der Waals surface area contributed by atoms with Crippen molar-refractivity contribution in [3.05, 3.63) is 39.9 Å². The summed E-state index contributed by atoms with van der Waals surface area (Å²) in [5.74, 6) is 0.689. The monoisotopic (exact) mass is 325 g/mol. The first-order valence-electron chi connectivity index (χ1n) is 7.14. The number of amides is 1. The number of halogens is 2. The molecule has 0 bridgehead atoms. The first-order valence-corrected chi connectivity index (χ1v) is 7.89. The van der Waals surface area contributed by atoms with Gasteiger partial charge in [-0.1, -0.05) is 23.2 Å². The lowest BCUT2D eigenvalue weighted by atomic mass is 10.00. The molecule has 0 radical (unpaired) electrons. The Hall–Kier alpha value is -1.03. The maximum atomic E-state index is 12.2. The third kappa shape index (κ3) is 3.25. The van der Waals surface area contributed by atoms with Crippen LogP contribution >= 0.6 is 23.2 Å². The van der Waals surface area contributed by atoms with Crippen LogP contribution in [0.4, 0.5) is 0 Å². The minimum atomic E-state index is -0.247. The Balaban J connectivity index is 1.65. The lowest BCUT2D eigenvalue weighted by Crippen LogP contribution is -2.29. The van der Waals surface area contributed by atoms with E-state index in [4.69, 9.17) is 23.2 Å². The maximum absolute atomic E-state index is 12.2. The number of hydrogen-bond acceptors (Lipinski definition) is 2. The molecule has 2 fully saturated rings. The number of aliphatic hydroxyl groups excluding tert-OH is 1. The summed E-state index contributed by atoms with van der Waals surface area (Å²) in [5, 5.41) is 11.0. The van der Waals surface area contributed by atoms with Gasteiger partial charge in [-0.15, -0.1) is 0 Å². The molecule has 1 heterocycles. The molecule has 1 aromatic carbocycles. The van der Waals surface area contributed by atoms with E-state index >= 15 is 0 Å². The number of hydrogen-bond donors (Lipinski definition) is 1. The van der Waals surface area contributed by atoms with Crippen molar-refractivity contribution in [2.24, 2.45) is 11.8 Å². The summed E-state index contributed by atoms with van der Waals surface area (Å²) in [6, 6.07) is 5.19. The zero-order chi connectivity index (χ0) is 15.0. The standard InChI is InChI=1S/C16H17Cl2NO2/c17-12-5-10(6-13(18)7-12)1-4-16(21)19-8-11-2-3-15(20)14(11)9-19/h1,4-7,11,14-15,20H,2-3,8-9H2/b4-1+. The Labute approximate surface area is 134 Å². The molecule has 21 heavy (non-hydrogen) atoms. The Bertz CT molecular complexity index is 567. The van der Waals surface area contributed by atoms with Gasteiger partial charge < -0.3 is 10.0 Å². The Morgan fingerprint density at radius 1 is 1.19 bits per heavy atom. The predicted octanol–water partition coefficient (Wildman–Crippen LogP) is 3.24. The fourth-order valence-corrected chi connectivity index (χ4v) is 3.90. The third-order valence-electron chi connectivity index (χ3n) is 4.43. The number of likely N-dealkylation sites (tertiary alicyclic amines) is 1. The van der Waals surface area contributed by atoms with E-state index in [2.05, 4.69) is 0 Å². The SMILES string of the molecule is O=C(/C=C/c1cc(Cl)cc(Cl)c1)N1CC2CCC(O)C2C1. The van der Waals surface area contributed by atoms with E-state index in [0.29, 0.717) is 22.5 Å². The van der Waals surface area contributed by atoms with E-state index in [1.807, 2.05) is 4.90 Å². The van der Waals surface area contributed by atoms with E-state index in [-0.39, 0.29) is 17.9 Å². The second-order valence-corrected chi connectivity index (χ2v) is 6.72. The number of benzene rings is 1. The summed E-state index contributed by atoms with van der Waals surface area (Å²) < 4.78 is 0. The molecule has 3 rings (SSSR count). The van der Waals surface area contributed by atoms with Crippen molar-refractivity contribution in [1.29, 1.82) is 0 Å². The van der Waals surface area contributed by atoms with Gasteiger partial charge in [0, 0.05) is 35.1 Å². The zero-order valence-electron chi connectivity index (χ0n) is 11.5. The highest BCUT2D eigenvalue weighted by molar-refractivity contribution is 6.34. The molecule has 0 spiro atoms. The van der Waals surface area contributed by atoms with Crippen molar-refractivity contribution < 1.29 is 9.90 Å². The number of aliphatic hydroxyl groups is 1. The maximum Gasteiger partial charge on any atom is 0.246 e. The third-order valence-corrected chi connectivity index (χ3v) is 4.87. The number of fused-ring (bicyclic) bond motifs is 1. The quantitative estimate of drug-likeness (QED) is 0.848. The van der Waals surface area contributed by atoms with Crippen LogP contribution in [0.25, 0.3) is 6.08 Å². The van der Waals surface area contributed by atoms with Gasteiger partial charge in [0.1, 0.15) is 0 Å². The second kappa shape index (κ2) is 5.99. The molecule has 3 nitrogen and oxygen atoms in total. The lowest BCUT2D eigenvalue weighted by molar-refractivity contribution is -0.125. The van der Waals surface area contributed by atoms with Gasteiger partial charge >= 0.3 is 0 Å². The lowest BCUT2D eigenvalue weighted by Gasteiger charge is -2.16. The van der Waals surface area contributed by atoms with Crippen LogP contribution in [-0.4, -0.2) is 35.1 Å². The van der Waals surface area contributed by atoms with Gasteiger partial charge in [-0.3, -0.25) is 4.79 Å². The molecule has 112 valence electrons. The first kappa shape index (κ1) is 14.9. The van der Waals surface area contributed by atoms with Gasteiger partial charge in [-0.25, -0.2) is 0 Å². The van der Waals surface area contributed by atoms with Crippen LogP contribution in [0.3, 0.4) is 0 Å². The fraction of sp³-hybridized carbons (Fsp3) is 0.438. The number of rotatable bonds is 2. The van der Waals surface area contributed by atoms with E-state index in [9.17, 15) is 9.90 Å². The minimum absolute atomic E-state index is 0.0207. The fourth-order valence-electron chi connectivity index (χ4n) is 3.36. The average Bonchev–Trinajstić information content (AvgIpc) is 2.98. The molecule has 3 unspecified atom stereocenters.